The molecule has 0 bridgehead atoms. The van der Waals surface area contributed by atoms with Gasteiger partial charge in [-0.1, -0.05) is 29.5 Å². The van der Waals surface area contributed by atoms with Gasteiger partial charge in [-0.2, -0.15) is 0 Å². The summed E-state index contributed by atoms with van der Waals surface area (Å²) in [5.41, 5.74) is 6.07. The van der Waals surface area contributed by atoms with Gasteiger partial charge >= 0.3 is 0 Å². The van der Waals surface area contributed by atoms with E-state index in [1.165, 1.54) is 11.3 Å². The Labute approximate surface area is 167 Å². The molecule has 0 fully saturated rings. The number of hydrogen-bond donors (Lipinski definition) is 1. The summed E-state index contributed by atoms with van der Waals surface area (Å²) < 4.78 is 0. The normalized spacial score (nSPS) is 10.8. The molecule has 5 nitrogen and oxygen atoms in total. The van der Waals surface area contributed by atoms with Crippen molar-refractivity contribution < 1.29 is 4.79 Å². The number of nitrogens with one attached hydrogen (secondary N) is 1. The van der Waals surface area contributed by atoms with Gasteiger partial charge in [0, 0.05) is 28.2 Å². The highest BCUT2D eigenvalue weighted by Gasteiger charge is 2.10. The SMILES string of the molecule is Cc1ccc(NC(=O)Cc2nc(CSc3nc(C)c(C)c(C)n3)cs2)cc1. The van der Waals surface area contributed by atoms with Crippen molar-refractivity contribution in [3.8, 4) is 0 Å². The summed E-state index contributed by atoms with van der Waals surface area (Å²) in [5, 5.41) is 6.48. The number of benzene rings is 1. The molecule has 0 aliphatic heterocycles. The van der Waals surface area contributed by atoms with Gasteiger partial charge in [0.15, 0.2) is 5.16 Å². The molecule has 0 unspecified atom stereocenters. The van der Waals surface area contributed by atoms with Crippen molar-refractivity contribution in [2.24, 2.45) is 0 Å². The van der Waals surface area contributed by atoms with Gasteiger partial charge in [0.2, 0.25) is 5.91 Å². The number of nitrogens with zero attached hydrogens (tertiary/aromatic N) is 3. The molecule has 7 heteroatoms. The van der Waals surface area contributed by atoms with E-state index in [0.29, 0.717) is 5.75 Å². The zero-order chi connectivity index (χ0) is 19.4. The fourth-order valence-electron chi connectivity index (χ4n) is 2.42. The van der Waals surface area contributed by atoms with Crippen LogP contribution in [0.25, 0.3) is 0 Å². The molecule has 0 aliphatic rings. The van der Waals surface area contributed by atoms with E-state index in [-0.39, 0.29) is 12.3 Å². The van der Waals surface area contributed by atoms with E-state index in [4.69, 9.17) is 0 Å². The summed E-state index contributed by atoms with van der Waals surface area (Å²) in [7, 11) is 0. The molecule has 0 aliphatic carbocycles. The molecule has 1 N–H and O–H groups in total. The first-order valence-electron chi connectivity index (χ1n) is 8.65. The number of carbonyl (C=O) groups is 1. The van der Waals surface area contributed by atoms with Gasteiger partial charge in [0.25, 0.3) is 0 Å². The standard InChI is InChI=1S/C20H22N4OS2/c1-12-5-7-16(8-6-12)23-18(25)9-19-24-17(10-26-19)11-27-20-21-14(3)13(2)15(4)22-20/h5-8,10H,9,11H2,1-4H3,(H,23,25). The molecule has 1 aromatic carbocycles. The molecule has 0 atom stereocenters. The summed E-state index contributed by atoms with van der Waals surface area (Å²) in [6.45, 7) is 8.06. The maximum Gasteiger partial charge on any atom is 0.231 e. The Hall–Kier alpha value is -2.25. The molecular formula is C20H22N4OS2. The fraction of sp³-hybridized carbons (Fsp3) is 0.300. The number of amides is 1. The smallest absolute Gasteiger partial charge is 0.231 e. The van der Waals surface area contributed by atoms with Gasteiger partial charge < -0.3 is 5.32 Å². The van der Waals surface area contributed by atoms with Crippen LogP contribution >= 0.6 is 23.1 Å². The first kappa shape index (κ1) is 19.5. The molecule has 0 spiro atoms. The average molecular weight is 399 g/mol. The number of aromatic nitrogens is 3. The summed E-state index contributed by atoms with van der Waals surface area (Å²) in [5.74, 6) is 0.637. The number of carbonyl (C=O) groups excluding carboxylic acids is 1. The largest absolute Gasteiger partial charge is 0.326 e. The Morgan fingerprint density at radius 1 is 1.04 bits per heavy atom. The lowest BCUT2D eigenvalue weighted by molar-refractivity contribution is -0.115. The summed E-state index contributed by atoms with van der Waals surface area (Å²) in [6.07, 6.45) is 0.280. The molecule has 2 heterocycles. The van der Waals surface area contributed by atoms with Crippen molar-refractivity contribution in [1.29, 1.82) is 0 Å². The zero-order valence-corrected chi connectivity index (χ0v) is 17.5. The van der Waals surface area contributed by atoms with Crippen LogP contribution in [-0.4, -0.2) is 20.9 Å². The third-order valence-corrected chi connectivity index (χ3v) is 5.99. The summed E-state index contributed by atoms with van der Waals surface area (Å²) in [6, 6.07) is 7.77. The van der Waals surface area contributed by atoms with Crippen LogP contribution < -0.4 is 5.32 Å². The topological polar surface area (TPSA) is 67.8 Å². The molecule has 3 rings (SSSR count). The molecule has 0 saturated carbocycles. The van der Waals surface area contributed by atoms with Crippen LogP contribution in [0.4, 0.5) is 5.69 Å². The van der Waals surface area contributed by atoms with Gasteiger partial charge in [-0.25, -0.2) is 15.0 Å². The van der Waals surface area contributed by atoms with Gasteiger partial charge in [0.05, 0.1) is 12.1 Å². The van der Waals surface area contributed by atoms with Crippen molar-refractivity contribution >= 4 is 34.7 Å². The Morgan fingerprint density at radius 3 is 2.37 bits per heavy atom. The lowest BCUT2D eigenvalue weighted by Crippen LogP contribution is -2.14. The maximum absolute atomic E-state index is 12.2. The summed E-state index contributed by atoms with van der Waals surface area (Å²) in [4.78, 5) is 25.8. The third-order valence-electron chi connectivity index (χ3n) is 4.21. The van der Waals surface area contributed by atoms with Crippen LogP contribution in [0.1, 0.15) is 33.2 Å². The molecule has 0 radical (unpaired) electrons. The number of hydrogen-bond acceptors (Lipinski definition) is 6. The van der Waals surface area contributed by atoms with E-state index in [9.17, 15) is 4.79 Å². The quantitative estimate of drug-likeness (QED) is 0.484. The molecular weight excluding hydrogens is 376 g/mol. The Bertz CT molecular complexity index is 928. The Kier molecular flexibility index (Phi) is 6.23. The first-order valence-corrected chi connectivity index (χ1v) is 10.5. The van der Waals surface area contributed by atoms with E-state index in [2.05, 4.69) is 20.3 Å². The van der Waals surface area contributed by atoms with E-state index >= 15 is 0 Å². The lowest BCUT2D eigenvalue weighted by atomic mass is 10.2. The van der Waals surface area contributed by atoms with Crippen molar-refractivity contribution in [3.05, 3.63) is 62.9 Å². The second-order valence-corrected chi connectivity index (χ2v) is 8.30. The monoisotopic (exact) mass is 398 g/mol. The van der Waals surface area contributed by atoms with E-state index in [1.54, 1.807) is 11.8 Å². The van der Waals surface area contributed by atoms with Gasteiger partial charge in [-0.15, -0.1) is 11.3 Å². The molecule has 140 valence electrons. The van der Waals surface area contributed by atoms with Crippen molar-refractivity contribution in [2.45, 2.75) is 45.0 Å². The van der Waals surface area contributed by atoms with Crippen LogP contribution in [-0.2, 0) is 17.0 Å². The third kappa shape index (κ3) is 5.37. The highest BCUT2D eigenvalue weighted by Crippen LogP contribution is 2.23. The fourth-order valence-corrected chi connectivity index (χ4v) is 4.15. The number of thioether (sulfide) groups is 1. The highest BCUT2D eigenvalue weighted by molar-refractivity contribution is 7.98. The van der Waals surface area contributed by atoms with Crippen molar-refractivity contribution in [2.75, 3.05) is 5.32 Å². The van der Waals surface area contributed by atoms with Crippen LogP contribution in [0.3, 0.4) is 0 Å². The van der Waals surface area contributed by atoms with E-state index in [0.717, 1.165) is 44.1 Å². The van der Waals surface area contributed by atoms with Crippen LogP contribution in [0, 0.1) is 27.7 Å². The van der Waals surface area contributed by atoms with Crippen LogP contribution in [0.2, 0.25) is 0 Å². The average Bonchev–Trinajstić information content (AvgIpc) is 3.07. The maximum atomic E-state index is 12.2. The molecule has 1 amide bonds. The highest BCUT2D eigenvalue weighted by atomic mass is 32.2. The van der Waals surface area contributed by atoms with E-state index < -0.39 is 0 Å². The molecule has 27 heavy (non-hydrogen) atoms. The molecule has 2 aromatic heterocycles. The minimum Gasteiger partial charge on any atom is -0.326 e. The second-order valence-electron chi connectivity index (χ2n) is 6.41. The molecule has 3 aromatic rings. The van der Waals surface area contributed by atoms with Crippen molar-refractivity contribution in [1.82, 2.24) is 15.0 Å². The molecule has 0 saturated heterocycles. The number of rotatable bonds is 6. The van der Waals surface area contributed by atoms with Gasteiger partial charge in [-0.05, 0) is 45.4 Å². The summed E-state index contributed by atoms with van der Waals surface area (Å²) >= 11 is 3.08. The number of anilines is 1. The van der Waals surface area contributed by atoms with Crippen molar-refractivity contribution in [3.63, 3.8) is 0 Å². The van der Waals surface area contributed by atoms with Gasteiger partial charge in [0.1, 0.15) is 5.01 Å². The zero-order valence-electron chi connectivity index (χ0n) is 15.9. The minimum absolute atomic E-state index is 0.0551. The number of thiazole rings is 1. The Morgan fingerprint density at radius 2 is 1.70 bits per heavy atom. The van der Waals surface area contributed by atoms with Gasteiger partial charge in [-0.3, -0.25) is 4.79 Å². The Balaban J connectivity index is 1.55. The minimum atomic E-state index is -0.0551. The van der Waals surface area contributed by atoms with E-state index in [1.807, 2.05) is 57.3 Å². The first-order chi connectivity index (χ1) is 12.9. The van der Waals surface area contributed by atoms with Crippen LogP contribution in [0.15, 0.2) is 34.8 Å². The van der Waals surface area contributed by atoms with Crippen LogP contribution in [0.5, 0.6) is 0 Å². The predicted octanol–water partition coefficient (Wildman–Crippen LogP) is 4.64. The predicted molar refractivity (Wildman–Crippen MR) is 111 cm³/mol. The number of aryl methyl sites for hydroxylation is 3. The second kappa shape index (κ2) is 8.63. The lowest BCUT2D eigenvalue weighted by Gasteiger charge is -2.06.